The Kier molecular flexibility index (Phi) is 3.53. The highest BCUT2D eigenvalue weighted by molar-refractivity contribution is 7.13. The topological polar surface area (TPSA) is 26.3 Å². The van der Waals surface area contributed by atoms with Gasteiger partial charge in [0.25, 0.3) is 0 Å². The number of ether oxygens (including phenoxy) is 1. The van der Waals surface area contributed by atoms with Gasteiger partial charge in [-0.2, -0.15) is 0 Å². The van der Waals surface area contributed by atoms with E-state index in [0.717, 1.165) is 11.3 Å². The van der Waals surface area contributed by atoms with Crippen molar-refractivity contribution in [2.24, 2.45) is 0 Å². The van der Waals surface area contributed by atoms with Crippen molar-refractivity contribution in [3.05, 3.63) is 21.9 Å². The highest BCUT2D eigenvalue weighted by Gasteiger charge is 2.07. The van der Waals surface area contributed by atoms with Crippen LogP contribution in [-0.4, -0.2) is 13.1 Å². The predicted molar refractivity (Wildman–Crippen MR) is 52.8 cm³/mol. The lowest BCUT2D eigenvalue weighted by atomic mass is 10.3. The van der Waals surface area contributed by atoms with Crippen LogP contribution in [0.5, 0.6) is 0 Å². The van der Waals surface area contributed by atoms with Gasteiger partial charge in [0.15, 0.2) is 0 Å². The second kappa shape index (κ2) is 4.68. The van der Waals surface area contributed by atoms with Crippen molar-refractivity contribution in [2.75, 3.05) is 7.11 Å². The van der Waals surface area contributed by atoms with Crippen LogP contribution in [0.3, 0.4) is 0 Å². The Bertz CT molecular complexity index is 333. The summed E-state index contributed by atoms with van der Waals surface area (Å²) in [5, 5.41) is 0. The summed E-state index contributed by atoms with van der Waals surface area (Å²) in [5.41, 5.74) is 0. The van der Waals surface area contributed by atoms with E-state index in [1.54, 1.807) is 6.07 Å². The molecule has 0 fully saturated rings. The Hall–Kier alpha value is -1.27. The first-order valence-corrected chi connectivity index (χ1v) is 4.70. The van der Waals surface area contributed by atoms with Crippen molar-refractivity contribution in [1.29, 1.82) is 0 Å². The van der Waals surface area contributed by atoms with Gasteiger partial charge in [0, 0.05) is 11.3 Å². The molecule has 0 aliphatic rings. The van der Waals surface area contributed by atoms with E-state index < -0.39 is 0 Å². The van der Waals surface area contributed by atoms with Crippen LogP contribution in [0.4, 0.5) is 0 Å². The fourth-order valence-electron chi connectivity index (χ4n) is 0.918. The monoisotopic (exact) mass is 194 g/mol. The predicted octanol–water partition coefficient (Wildman–Crippen LogP) is 2.10. The van der Waals surface area contributed by atoms with E-state index in [1.165, 1.54) is 18.4 Å². The fourth-order valence-corrected chi connectivity index (χ4v) is 1.84. The maximum absolute atomic E-state index is 11.0. The van der Waals surface area contributed by atoms with Crippen molar-refractivity contribution in [3.8, 4) is 12.3 Å². The number of carbonyl (C=O) groups excluding carboxylic acids is 1. The number of carbonyl (C=O) groups is 1. The zero-order valence-electron chi connectivity index (χ0n) is 7.37. The van der Waals surface area contributed by atoms with Crippen LogP contribution in [0.25, 0.3) is 0 Å². The van der Waals surface area contributed by atoms with E-state index in [1.807, 2.05) is 6.07 Å². The summed E-state index contributed by atoms with van der Waals surface area (Å²) < 4.78 is 4.59. The molecule has 0 amide bonds. The molecular formula is C10H10O2S. The molecule has 1 heterocycles. The van der Waals surface area contributed by atoms with Gasteiger partial charge < -0.3 is 4.74 Å². The van der Waals surface area contributed by atoms with Crippen molar-refractivity contribution < 1.29 is 9.53 Å². The molecule has 0 aliphatic heterocycles. The summed E-state index contributed by atoms with van der Waals surface area (Å²) in [6.07, 6.45) is 6.67. The van der Waals surface area contributed by atoms with Crippen LogP contribution in [0, 0.1) is 12.3 Å². The van der Waals surface area contributed by atoms with E-state index in [9.17, 15) is 4.79 Å². The van der Waals surface area contributed by atoms with Gasteiger partial charge >= 0.3 is 5.97 Å². The van der Waals surface area contributed by atoms with Gasteiger partial charge in [0.05, 0.1) is 7.11 Å². The Balaban J connectivity index is 2.64. The highest BCUT2D eigenvalue weighted by atomic mass is 32.1. The molecule has 0 aliphatic carbocycles. The van der Waals surface area contributed by atoms with Crippen LogP contribution >= 0.6 is 11.3 Å². The number of hydrogen-bond acceptors (Lipinski definition) is 3. The lowest BCUT2D eigenvalue weighted by Crippen LogP contribution is -1.96. The molecule has 68 valence electrons. The lowest BCUT2D eigenvalue weighted by Gasteiger charge is -1.92. The number of thiophene rings is 1. The van der Waals surface area contributed by atoms with Crippen molar-refractivity contribution in [2.45, 2.75) is 12.8 Å². The third-order valence-corrected chi connectivity index (χ3v) is 2.69. The molecular weight excluding hydrogens is 184 g/mol. The van der Waals surface area contributed by atoms with Gasteiger partial charge in [-0.25, -0.2) is 4.79 Å². The Morgan fingerprint density at radius 3 is 3.08 bits per heavy atom. The summed E-state index contributed by atoms with van der Waals surface area (Å²) in [6.45, 7) is 0. The molecule has 0 unspecified atom stereocenters. The molecule has 13 heavy (non-hydrogen) atoms. The summed E-state index contributed by atoms with van der Waals surface area (Å²) in [5.74, 6) is 2.28. The number of rotatable bonds is 3. The quantitative estimate of drug-likeness (QED) is 0.544. The number of terminal acetylenes is 1. The molecule has 1 rings (SSSR count). The standard InChI is InChI=1S/C10H10O2S/c1-3-4-5-8-6-7-9(13-8)10(11)12-2/h1,6-7H,4-5H2,2H3. The lowest BCUT2D eigenvalue weighted by molar-refractivity contribution is 0.0606. The van der Waals surface area contributed by atoms with Gasteiger partial charge in [-0.1, -0.05) is 0 Å². The van der Waals surface area contributed by atoms with Crippen LogP contribution < -0.4 is 0 Å². The molecule has 0 saturated carbocycles. The van der Waals surface area contributed by atoms with Crippen molar-refractivity contribution in [3.63, 3.8) is 0 Å². The molecule has 0 saturated heterocycles. The summed E-state index contributed by atoms with van der Waals surface area (Å²) in [6, 6.07) is 3.68. The van der Waals surface area contributed by atoms with Crippen LogP contribution in [0.1, 0.15) is 21.0 Å². The summed E-state index contributed by atoms with van der Waals surface area (Å²) in [7, 11) is 1.38. The van der Waals surface area contributed by atoms with Gasteiger partial charge in [-0.05, 0) is 18.6 Å². The molecule has 2 nitrogen and oxygen atoms in total. The molecule has 0 N–H and O–H groups in total. The first-order chi connectivity index (χ1) is 6.27. The average Bonchev–Trinajstić information content (AvgIpc) is 2.62. The van der Waals surface area contributed by atoms with Gasteiger partial charge in [-0.15, -0.1) is 23.7 Å². The largest absolute Gasteiger partial charge is 0.465 e. The Morgan fingerprint density at radius 1 is 1.69 bits per heavy atom. The first-order valence-electron chi connectivity index (χ1n) is 3.88. The molecule has 0 spiro atoms. The minimum absolute atomic E-state index is 0.281. The normalized spacial score (nSPS) is 9.23. The Morgan fingerprint density at radius 2 is 2.46 bits per heavy atom. The van der Waals surface area contributed by atoms with E-state index in [4.69, 9.17) is 6.42 Å². The fraction of sp³-hybridized carbons (Fsp3) is 0.300. The molecule has 1 aromatic heterocycles. The van der Waals surface area contributed by atoms with Crippen LogP contribution in [0.2, 0.25) is 0 Å². The minimum Gasteiger partial charge on any atom is -0.465 e. The smallest absolute Gasteiger partial charge is 0.348 e. The third-order valence-electron chi connectivity index (χ3n) is 1.56. The number of aryl methyl sites for hydroxylation is 1. The zero-order valence-corrected chi connectivity index (χ0v) is 8.19. The molecule has 0 bridgehead atoms. The summed E-state index contributed by atoms with van der Waals surface area (Å²) in [4.78, 5) is 12.8. The van der Waals surface area contributed by atoms with Gasteiger partial charge in [0.1, 0.15) is 4.88 Å². The maximum Gasteiger partial charge on any atom is 0.348 e. The summed E-state index contributed by atoms with van der Waals surface area (Å²) >= 11 is 1.44. The minimum atomic E-state index is -0.281. The average molecular weight is 194 g/mol. The van der Waals surface area contributed by atoms with Crippen LogP contribution in [-0.2, 0) is 11.2 Å². The Labute approximate surface area is 81.5 Å². The van der Waals surface area contributed by atoms with Crippen LogP contribution in [0.15, 0.2) is 12.1 Å². The molecule has 3 heteroatoms. The van der Waals surface area contributed by atoms with Crippen molar-refractivity contribution in [1.82, 2.24) is 0 Å². The van der Waals surface area contributed by atoms with Gasteiger partial charge in [-0.3, -0.25) is 0 Å². The third kappa shape index (κ3) is 2.60. The maximum atomic E-state index is 11.0. The molecule has 0 radical (unpaired) electrons. The van der Waals surface area contributed by atoms with E-state index in [-0.39, 0.29) is 5.97 Å². The SMILES string of the molecule is C#CCCc1ccc(C(=O)OC)s1. The van der Waals surface area contributed by atoms with E-state index >= 15 is 0 Å². The molecule has 0 atom stereocenters. The zero-order chi connectivity index (χ0) is 9.68. The second-order valence-electron chi connectivity index (χ2n) is 2.46. The second-order valence-corrected chi connectivity index (χ2v) is 3.63. The first kappa shape index (κ1) is 9.82. The van der Waals surface area contributed by atoms with E-state index in [2.05, 4.69) is 10.7 Å². The number of hydrogen-bond donors (Lipinski definition) is 0. The van der Waals surface area contributed by atoms with Gasteiger partial charge in [0.2, 0.25) is 0 Å². The molecule has 0 aromatic carbocycles. The number of methoxy groups -OCH3 is 1. The highest BCUT2D eigenvalue weighted by Crippen LogP contribution is 2.18. The number of esters is 1. The van der Waals surface area contributed by atoms with Crippen molar-refractivity contribution >= 4 is 17.3 Å². The van der Waals surface area contributed by atoms with E-state index in [0.29, 0.717) is 11.3 Å². The molecule has 1 aromatic rings.